The number of pyridine rings is 1. The molecular formula is C25H32ClN3O4S. The van der Waals surface area contributed by atoms with E-state index in [2.05, 4.69) is 31.1 Å². The van der Waals surface area contributed by atoms with Gasteiger partial charge in [0.25, 0.3) is 5.91 Å². The van der Waals surface area contributed by atoms with Gasteiger partial charge in [-0.05, 0) is 54.5 Å². The molecule has 1 aliphatic heterocycles. The summed E-state index contributed by atoms with van der Waals surface area (Å²) in [5, 5.41) is 3.24. The van der Waals surface area contributed by atoms with Crippen LogP contribution in [0, 0.1) is 11.3 Å². The summed E-state index contributed by atoms with van der Waals surface area (Å²) in [6.45, 7) is 7.43. The number of piperidine rings is 1. The van der Waals surface area contributed by atoms with Gasteiger partial charge in [0.2, 0.25) is 0 Å². The molecule has 1 aromatic carbocycles. The van der Waals surface area contributed by atoms with Gasteiger partial charge in [0.1, 0.15) is 5.78 Å². The number of nitrogens with one attached hydrogen (secondary N) is 1. The van der Waals surface area contributed by atoms with Crippen LogP contribution in [0.5, 0.6) is 0 Å². The lowest BCUT2D eigenvalue weighted by molar-refractivity contribution is -0.121. The minimum absolute atomic E-state index is 0.0239. The molecule has 0 radical (unpaired) electrons. The average Bonchev–Trinajstić information content (AvgIpc) is 2.72. The third kappa shape index (κ3) is 7.27. The summed E-state index contributed by atoms with van der Waals surface area (Å²) >= 11 is 6.01. The Hall–Kier alpha value is -2.45. The monoisotopic (exact) mass is 505 g/mol. The molecular weight excluding hydrogens is 474 g/mol. The van der Waals surface area contributed by atoms with Gasteiger partial charge in [-0.1, -0.05) is 38.4 Å². The Morgan fingerprint density at radius 1 is 1.15 bits per heavy atom. The molecule has 34 heavy (non-hydrogen) atoms. The predicted octanol–water partition coefficient (Wildman–Crippen LogP) is 5.00. The number of sulfone groups is 1. The standard InChI is InChI=1S/C25H32ClN3O4S/c1-25(2,3)16-20(30)14-17-10-12-29(13-11-17)23-21(8-9-22(28-23)34(4,32)33)27-24(31)18-6-5-7-19(26)15-18/h5-9,15,17H,10-14,16H2,1-4H3,(H,27,31). The summed E-state index contributed by atoms with van der Waals surface area (Å²) in [6, 6.07) is 9.55. The largest absolute Gasteiger partial charge is 0.355 e. The van der Waals surface area contributed by atoms with Crippen LogP contribution in [0.1, 0.15) is 56.8 Å². The molecule has 0 unspecified atom stereocenters. The summed E-state index contributed by atoms with van der Waals surface area (Å²) < 4.78 is 24.3. The van der Waals surface area contributed by atoms with E-state index < -0.39 is 9.84 Å². The second kappa shape index (κ2) is 10.4. The topological polar surface area (TPSA) is 96.4 Å². The van der Waals surface area contributed by atoms with Crippen LogP contribution in [0.3, 0.4) is 0 Å². The molecule has 3 rings (SSSR count). The van der Waals surface area contributed by atoms with Crippen LogP contribution in [-0.2, 0) is 14.6 Å². The molecule has 1 saturated heterocycles. The van der Waals surface area contributed by atoms with E-state index in [4.69, 9.17) is 11.6 Å². The smallest absolute Gasteiger partial charge is 0.255 e. The van der Waals surface area contributed by atoms with Crippen molar-refractivity contribution in [2.75, 3.05) is 29.6 Å². The summed E-state index contributed by atoms with van der Waals surface area (Å²) in [7, 11) is -3.52. The fraction of sp³-hybridized carbons (Fsp3) is 0.480. The fourth-order valence-electron chi connectivity index (χ4n) is 4.13. The normalized spacial score (nSPS) is 15.3. The second-order valence-corrected chi connectivity index (χ2v) is 12.6. The van der Waals surface area contributed by atoms with Crippen molar-refractivity contribution in [1.82, 2.24) is 4.98 Å². The highest BCUT2D eigenvalue weighted by Crippen LogP contribution is 2.32. The van der Waals surface area contributed by atoms with Crippen molar-refractivity contribution >= 4 is 44.6 Å². The molecule has 7 nitrogen and oxygen atoms in total. The highest BCUT2D eigenvalue weighted by atomic mass is 35.5. The van der Waals surface area contributed by atoms with Crippen LogP contribution in [0.2, 0.25) is 5.02 Å². The number of nitrogens with zero attached hydrogens (tertiary/aromatic N) is 2. The SMILES string of the molecule is CC(C)(C)CC(=O)CC1CCN(c2nc(S(C)(=O)=O)ccc2NC(=O)c2cccc(Cl)c2)CC1. The molecule has 1 fully saturated rings. The van der Waals surface area contributed by atoms with E-state index in [1.807, 2.05) is 4.90 Å². The van der Waals surface area contributed by atoms with Crippen molar-refractivity contribution in [2.24, 2.45) is 11.3 Å². The van der Waals surface area contributed by atoms with Crippen molar-refractivity contribution in [3.8, 4) is 0 Å². The van der Waals surface area contributed by atoms with Gasteiger partial charge in [-0.2, -0.15) is 0 Å². The molecule has 1 aromatic heterocycles. The van der Waals surface area contributed by atoms with E-state index in [1.54, 1.807) is 30.3 Å². The van der Waals surface area contributed by atoms with Gasteiger partial charge >= 0.3 is 0 Å². The number of Topliss-reactive ketones (excluding diaryl/α,β-unsaturated/α-hetero) is 1. The fourth-order valence-corrected chi connectivity index (χ4v) is 4.89. The van der Waals surface area contributed by atoms with Gasteiger partial charge in [0.15, 0.2) is 20.7 Å². The lowest BCUT2D eigenvalue weighted by Gasteiger charge is -2.34. The van der Waals surface area contributed by atoms with Crippen molar-refractivity contribution in [2.45, 2.75) is 51.5 Å². The molecule has 9 heteroatoms. The molecule has 2 heterocycles. The predicted molar refractivity (Wildman–Crippen MR) is 135 cm³/mol. The van der Waals surface area contributed by atoms with Crippen LogP contribution < -0.4 is 10.2 Å². The summed E-state index contributed by atoms with van der Waals surface area (Å²) in [5.74, 6) is 0.615. The molecule has 1 amide bonds. The first-order valence-electron chi connectivity index (χ1n) is 11.4. The van der Waals surface area contributed by atoms with E-state index in [9.17, 15) is 18.0 Å². The van der Waals surface area contributed by atoms with Gasteiger partial charge in [-0.25, -0.2) is 13.4 Å². The lowest BCUT2D eigenvalue weighted by Crippen LogP contribution is -2.36. The van der Waals surface area contributed by atoms with E-state index in [0.717, 1.165) is 19.1 Å². The number of halogens is 1. The second-order valence-electron chi connectivity index (χ2n) is 10.2. The van der Waals surface area contributed by atoms with Crippen LogP contribution >= 0.6 is 11.6 Å². The first-order chi connectivity index (χ1) is 15.8. The Morgan fingerprint density at radius 3 is 2.41 bits per heavy atom. The number of hydrogen-bond acceptors (Lipinski definition) is 6. The first-order valence-corrected chi connectivity index (χ1v) is 13.6. The Labute approximate surface area is 206 Å². The number of anilines is 2. The molecule has 0 bridgehead atoms. The average molecular weight is 506 g/mol. The zero-order valence-electron chi connectivity index (χ0n) is 20.1. The van der Waals surface area contributed by atoms with Gasteiger partial charge < -0.3 is 10.2 Å². The van der Waals surface area contributed by atoms with Crippen LogP contribution in [0.4, 0.5) is 11.5 Å². The van der Waals surface area contributed by atoms with Crippen molar-refractivity contribution in [1.29, 1.82) is 0 Å². The number of carbonyl (C=O) groups is 2. The minimum atomic E-state index is -3.52. The van der Waals surface area contributed by atoms with Crippen molar-refractivity contribution < 1.29 is 18.0 Å². The van der Waals surface area contributed by atoms with Gasteiger partial charge in [0, 0.05) is 42.8 Å². The third-order valence-corrected chi connectivity index (χ3v) is 6.94. The molecule has 0 aliphatic carbocycles. The van der Waals surface area contributed by atoms with Crippen molar-refractivity contribution in [3.63, 3.8) is 0 Å². The van der Waals surface area contributed by atoms with E-state index in [0.29, 0.717) is 48.0 Å². The highest BCUT2D eigenvalue weighted by molar-refractivity contribution is 7.90. The maximum atomic E-state index is 12.8. The Bertz CT molecular complexity index is 1170. The lowest BCUT2D eigenvalue weighted by atomic mass is 9.84. The minimum Gasteiger partial charge on any atom is -0.355 e. The Kier molecular flexibility index (Phi) is 8.03. The Morgan fingerprint density at radius 2 is 1.82 bits per heavy atom. The quantitative estimate of drug-likeness (QED) is 0.568. The Balaban J connectivity index is 1.78. The number of hydrogen-bond donors (Lipinski definition) is 1. The number of amides is 1. The third-order valence-electron chi connectivity index (χ3n) is 5.72. The van der Waals surface area contributed by atoms with E-state index >= 15 is 0 Å². The number of rotatable bonds is 7. The molecule has 2 aromatic rings. The first kappa shape index (κ1) is 26.2. The number of benzene rings is 1. The summed E-state index contributed by atoms with van der Waals surface area (Å²) in [4.78, 5) is 31.6. The molecule has 1 N–H and O–H groups in total. The van der Waals surface area contributed by atoms with Gasteiger partial charge in [-0.15, -0.1) is 0 Å². The molecule has 1 aliphatic rings. The van der Waals surface area contributed by atoms with E-state index in [-0.39, 0.29) is 28.0 Å². The van der Waals surface area contributed by atoms with Crippen LogP contribution in [0.15, 0.2) is 41.4 Å². The number of carbonyl (C=O) groups excluding carboxylic acids is 2. The summed E-state index contributed by atoms with van der Waals surface area (Å²) in [6.07, 6.45) is 3.81. The van der Waals surface area contributed by atoms with Crippen LogP contribution in [0.25, 0.3) is 0 Å². The zero-order valence-corrected chi connectivity index (χ0v) is 21.7. The maximum Gasteiger partial charge on any atom is 0.255 e. The highest BCUT2D eigenvalue weighted by Gasteiger charge is 2.27. The molecule has 0 saturated carbocycles. The number of ketones is 1. The maximum absolute atomic E-state index is 12.8. The number of aromatic nitrogens is 1. The summed E-state index contributed by atoms with van der Waals surface area (Å²) in [5.41, 5.74) is 0.797. The molecule has 0 atom stereocenters. The van der Waals surface area contributed by atoms with Gasteiger partial charge in [0.05, 0.1) is 5.69 Å². The van der Waals surface area contributed by atoms with E-state index in [1.165, 1.54) is 6.07 Å². The van der Waals surface area contributed by atoms with Crippen LogP contribution in [-0.4, -0.2) is 44.4 Å². The van der Waals surface area contributed by atoms with Crippen molar-refractivity contribution in [3.05, 3.63) is 47.0 Å². The van der Waals surface area contributed by atoms with Gasteiger partial charge in [-0.3, -0.25) is 9.59 Å². The molecule has 0 spiro atoms. The zero-order chi connectivity index (χ0) is 25.1. The molecule has 184 valence electrons.